The lowest BCUT2D eigenvalue weighted by molar-refractivity contribution is -0.131. The largest absolute Gasteiger partial charge is 0.302 e. The maximum absolute atomic E-state index is 12.0. The van der Waals surface area contributed by atoms with Crippen molar-refractivity contribution in [3.8, 4) is 0 Å². The summed E-state index contributed by atoms with van der Waals surface area (Å²) in [5.41, 5.74) is 0.286. The number of Topliss-reactive ketones (excluding diaryl/α,β-unsaturated/α-hetero) is 1. The van der Waals surface area contributed by atoms with E-state index >= 15 is 0 Å². The zero-order valence-corrected chi connectivity index (χ0v) is 8.77. The van der Waals surface area contributed by atoms with Crippen LogP contribution in [-0.2, 0) is 9.59 Å². The molecule has 2 heteroatoms. The summed E-state index contributed by atoms with van der Waals surface area (Å²) in [5, 5.41) is 0. The number of ketones is 1. The molecule has 0 unspecified atom stereocenters. The second-order valence-electron chi connectivity index (χ2n) is 4.40. The Morgan fingerprint density at radius 1 is 1.33 bits per heavy atom. The van der Waals surface area contributed by atoms with Gasteiger partial charge in [0.2, 0.25) is 0 Å². The van der Waals surface area contributed by atoms with Crippen molar-refractivity contribution in [1.82, 2.24) is 0 Å². The number of carbonyl (C=O) groups excluding carboxylic acids is 2. The van der Waals surface area contributed by atoms with Gasteiger partial charge < -0.3 is 4.79 Å². The summed E-state index contributed by atoms with van der Waals surface area (Å²) in [6.45, 7) is 1.74. The van der Waals surface area contributed by atoms with E-state index in [1.54, 1.807) is 6.92 Å². The molecule has 1 fully saturated rings. The summed E-state index contributed by atoms with van der Waals surface area (Å²) in [5.74, 6) is -0.00917. The van der Waals surface area contributed by atoms with E-state index in [1.807, 2.05) is 30.3 Å². The van der Waals surface area contributed by atoms with Crippen molar-refractivity contribution in [2.24, 2.45) is 5.41 Å². The molecule has 78 valence electrons. The summed E-state index contributed by atoms with van der Waals surface area (Å²) in [6.07, 6.45) is 2.27. The van der Waals surface area contributed by atoms with Gasteiger partial charge in [-0.2, -0.15) is 0 Å². The zero-order chi connectivity index (χ0) is 10.9. The van der Waals surface area contributed by atoms with Crippen LogP contribution in [0.3, 0.4) is 0 Å². The molecule has 1 aromatic carbocycles. The second-order valence-corrected chi connectivity index (χ2v) is 4.40. The quantitative estimate of drug-likeness (QED) is 0.545. The van der Waals surface area contributed by atoms with Crippen molar-refractivity contribution < 1.29 is 9.59 Å². The standard InChI is InChI=1S/C13H14O2/c1-13(9-14)8-7-11(12(13)15)10-5-3-2-4-6-10/h2-6,9,11H,7-8H2,1H3/t11-,13+/m1/s1. The number of hydrogen-bond donors (Lipinski definition) is 0. The van der Waals surface area contributed by atoms with Crippen LogP contribution in [0.1, 0.15) is 31.2 Å². The molecular formula is C13H14O2. The van der Waals surface area contributed by atoms with Crippen LogP contribution in [0.2, 0.25) is 0 Å². The first-order valence-electron chi connectivity index (χ1n) is 5.23. The SMILES string of the molecule is C[C@@]1(C=O)CC[C@H](c2ccccc2)C1=O. The van der Waals surface area contributed by atoms with Crippen molar-refractivity contribution in [3.63, 3.8) is 0 Å². The molecule has 2 rings (SSSR count). The molecule has 0 heterocycles. The predicted molar refractivity (Wildman–Crippen MR) is 57.6 cm³/mol. The van der Waals surface area contributed by atoms with Crippen LogP contribution in [0.4, 0.5) is 0 Å². The third-order valence-corrected chi connectivity index (χ3v) is 3.29. The van der Waals surface area contributed by atoms with Gasteiger partial charge in [-0.3, -0.25) is 4.79 Å². The topological polar surface area (TPSA) is 34.1 Å². The molecule has 0 saturated heterocycles. The fourth-order valence-corrected chi connectivity index (χ4v) is 2.22. The van der Waals surface area contributed by atoms with E-state index in [9.17, 15) is 9.59 Å². The highest BCUT2D eigenvalue weighted by Crippen LogP contribution is 2.41. The molecule has 15 heavy (non-hydrogen) atoms. The minimum absolute atomic E-state index is 0.0729. The van der Waals surface area contributed by atoms with Crippen LogP contribution in [0.5, 0.6) is 0 Å². The molecule has 1 aliphatic carbocycles. The van der Waals surface area contributed by atoms with Gasteiger partial charge in [0.1, 0.15) is 6.29 Å². The lowest BCUT2D eigenvalue weighted by Crippen LogP contribution is -2.25. The first kappa shape index (κ1) is 10.1. The molecule has 0 aromatic heterocycles. The van der Waals surface area contributed by atoms with Crippen LogP contribution < -0.4 is 0 Å². The Morgan fingerprint density at radius 2 is 2.00 bits per heavy atom. The number of carbonyl (C=O) groups is 2. The highest BCUT2D eigenvalue weighted by Gasteiger charge is 2.44. The minimum Gasteiger partial charge on any atom is -0.302 e. The summed E-state index contributed by atoms with van der Waals surface area (Å²) < 4.78 is 0. The first-order chi connectivity index (χ1) is 7.17. The third-order valence-electron chi connectivity index (χ3n) is 3.29. The van der Waals surface area contributed by atoms with Crippen molar-refractivity contribution in [1.29, 1.82) is 0 Å². The molecule has 1 aromatic rings. The summed E-state index contributed by atoms with van der Waals surface area (Å²) in [7, 11) is 0. The van der Waals surface area contributed by atoms with Gasteiger partial charge in [-0.05, 0) is 25.3 Å². The number of hydrogen-bond acceptors (Lipinski definition) is 2. The van der Waals surface area contributed by atoms with E-state index in [1.165, 1.54) is 0 Å². The molecule has 2 atom stereocenters. The molecule has 2 nitrogen and oxygen atoms in total. The summed E-state index contributed by atoms with van der Waals surface area (Å²) in [6, 6.07) is 9.71. The highest BCUT2D eigenvalue weighted by molar-refractivity contribution is 6.03. The third kappa shape index (κ3) is 1.60. The van der Waals surface area contributed by atoms with Crippen molar-refractivity contribution >= 4 is 12.1 Å². The molecule has 0 bridgehead atoms. The fraction of sp³-hybridized carbons (Fsp3) is 0.385. The van der Waals surface area contributed by atoms with Gasteiger partial charge in [-0.25, -0.2) is 0 Å². The molecule has 0 aliphatic heterocycles. The van der Waals surface area contributed by atoms with Crippen molar-refractivity contribution in [3.05, 3.63) is 35.9 Å². The Morgan fingerprint density at radius 3 is 2.53 bits per heavy atom. The lowest BCUT2D eigenvalue weighted by atomic mass is 9.86. The van der Waals surface area contributed by atoms with Crippen LogP contribution in [-0.4, -0.2) is 12.1 Å². The molecule has 0 amide bonds. The number of aldehydes is 1. The highest BCUT2D eigenvalue weighted by atomic mass is 16.1. The van der Waals surface area contributed by atoms with Crippen LogP contribution in [0.25, 0.3) is 0 Å². The van der Waals surface area contributed by atoms with Gasteiger partial charge in [0, 0.05) is 5.92 Å². The lowest BCUT2D eigenvalue weighted by Gasteiger charge is -2.14. The van der Waals surface area contributed by atoms with Gasteiger partial charge in [0.05, 0.1) is 5.41 Å². The molecule has 1 aliphatic rings. The Bertz CT molecular complexity index is 383. The van der Waals surface area contributed by atoms with Gasteiger partial charge in [0.25, 0.3) is 0 Å². The van der Waals surface area contributed by atoms with Crippen molar-refractivity contribution in [2.75, 3.05) is 0 Å². The van der Waals surface area contributed by atoms with E-state index < -0.39 is 5.41 Å². The van der Waals surface area contributed by atoms with Gasteiger partial charge in [-0.1, -0.05) is 30.3 Å². The monoisotopic (exact) mass is 202 g/mol. The number of rotatable bonds is 2. The van der Waals surface area contributed by atoms with Crippen LogP contribution in [0.15, 0.2) is 30.3 Å². The average Bonchev–Trinajstić information content (AvgIpc) is 2.58. The smallest absolute Gasteiger partial charge is 0.153 e. The van der Waals surface area contributed by atoms with E-state index in [4.69, 9.17) is 0 Å². The second kappa shape index (κ2) is 3.61. The molecule has 0 spiro atoms. The minimum atomic E-state index is -0.749. The van der Waals surface area contributed by atoms with E-state index in [0.29, 0.717) is 6.42 Å². The fourth-order valence-electron chi connectivity index (χ4n) is 2.22. The van der Waals surface area contributed by atoms with Crippen LogP contribution >= 0.6 is 0 Å². The molecule has 0 radical (unpaired) electrons. The Labute approximate surface area is 89.3 Å². The maximum Gasteiger partial charge on any atom is 0.153 e. The van der Waals surface area contributed by atoms with E-state index in [2.05, 4.69) is 0 Å². The Kier molecular flexibility index (Phi) is 2.43. The zero-order valence-electron chi connectivity index (χ0n) is 8.77. The van der Waals surface area contributed by atoms with E-state index in [0.717, 1.165) is 18.3 Å². The van der Waals surface area contributed by atoms with Gasteiger partial charge in [0.15, 0.2) is 5.78 Å². The normalized spacial score (nSPS) is 30.5. The Hall–Kier alpha value is -1.44. The number of benzene rings is 1. The van der Waals surface area contributed by atoms with Gasteiger partial charge in [-0.15, -0.1) is 0 Å². The van der Waals surface area contributed by atoms with Gasteiger partial charge >= 0.3 is 0 Å². The average molecular weight is 202 g/mol. The molecule has 1 saturated carbocycles. The predicted octanol–water partition coefficient (Wildman–Crippen LogP) is 2.34. The Balaban J connectivity index is 2.29. The maximum atomic E-state index is 12.0. The summed E-state index contributed by atoms with van der Waals surface area (Å²) >= 11 is 0. The molecule has 0 N–H and O–H groups in total. The summed E-state index contributed by atoms with van der Waals surface area (Å²) in [4.78, 5) is 22.9. The van der Waals surface area contributed by atoms with Crippen molar-refractivity contribution in [2.45, 2.75) is 25.7 Å². The molecular weight excluding hydrogens is 188 g/mol. The van der Waals surface area contributed by atoms with Crippen LogP contribution in [0, 0.1) is 5.41 Å². The first-order valence-corrected chi connectivity index (χ1v) is 5.23. The van der Waals surface area contributed by atoms with E-state index in [-0.39, 0.29) is 11.7 Å².